The molecule has 1 saturated heterocycles. The summed E-state index contributed by atoms with van der Waals surface area (Å²) in [5.41, 5.74) is -0.187. The number of nitrogens with zero attached hydrogens (tertiary/aromatic N) is 1. The molecule has 1 saturated carbocycles. The lowest BCUT2D eigenvalue weighted by molar-refractivity contribution is -0.308. The predicted octanol–water partition coefficient (Wildman–Crippen LogP) is 3.70. The van der Waals surface area contributed by atoms with Gasteiger partial charge in [-0.05, 0) is 37.8 Å². The number of hydrogen-bond donors (Lipinski definition) is 1. The van der Waals surface area contributed by atoms with E-state index in [0.717, 1.165) is 38.8 Å². The molecule has 160 valence electrons. The van der Waals surface area contributed by atoms with Gasteiger partial charge in [0.05, 0.1) is 21.3 Å². The van der Waals surface area contributed by atoms with Gasteiger partial charge < -0.3 is 24.1 Å². The Balaban J connectivity index is 1.56. The fraction of sp³-hybridized carbons (Fsp3) is 0.667. The summed E-state index contributed by atoms with van der Waals surface area (Å²) in [5, 5.41) is 9.80. The second-order valence-corrected chi connectivity index (χ2v) is 8.61. The van der Waals surface area contributed by atoms with Crippen molar-refractivity contribution in [2.75, 3.05) is 27.2 Å². The first-order valence-corrected chi connectivity index (χ1v) is 10.2. The van der Waals surface area contributed by atoms with Crippen molar-refractivity contribution in [2.45, 2.75) is 56.8 Å². The van der Waals surface area contributed by atoms with E-state index in [-0.39, 0.29) is 27.8 Å². The summed E-state index contributed by atoms with van der Waals surface area (Å²) in [5.74, 6) is -2.31. The molecule has 4 rings (SSSR count). The molecule has 2 heterocycles. The standard InChI is InChI=1S/C21H28ClNO6/c1-21(12-4-6-14(7-5-12)23-10-15(11-23)26-2)28-17-9-13(22)8-16(19(24)25)18(17)20(27-3)29-21/h8-9,12,14-15,20H,4-7,10-11H2,1-3H3,(H,24,25)/i3D3. The molecule has 7 nitrogen and oxygen atoms in total. The lowest BCUT2D eigenvalue weighted by Crippen LogP contribution is -2.58. The topological polar surface area (TPSA) is 77.5 Å². The number of methoxy groups -OCH3 is 2. The number of hydrogen-bond acceptors (Lipinski definition) is 6. The maximum atomic E-state index is 11.8. The second kappa shape index (κ2) is 8.04. The lowest BCUT2D eigenvalue weighted by atomic mass is 9.79. The van der Waals surface area contributed by atoms with Gasteiger partial charge in [0.15, 0.2) is 6.29 Å². The summed E-state index contributed by atoms with van der Waals surface area (Å²) < 4.78 is 45.4. The predicted molar refractivity (Wildman–Crippen MR) is 106 cm³/mol. The minimum Gasteiger partial charge on any atom is -0.478 e. The van der Waals surface area contributed by atoms with Crippen LogP contribution in [0.2, 0.25) is 5.02 Å². The number of fused-ring (bicyclic) bond motifs is 1. The number of halogens is 1. The first kappa shape index (κ1) is 17.3. The van der Waals surface area contributed by atoms with Crippen LogP contribution in [0.4, 0.5) is 0 Å². The fourth-order valence-electron chi connectivity index (χ4n) is 4.76. The van der Waals surface area contributed by atoms with Crippen molar-refractivity contribution in [2.24, 2.45) is 5.92 Å². The third-order valence-electron chi connectivity index (χ3n) is 6.50. The smallest absolute Gasteiger partial charge is 0.336 e. The normalized spacial score (nSPS) is 34.9. The van der Waals surface area contributed by atoms with Gasteiger partial charge >= 0.3 is 5.97 Å². The lowest BCUT2D eigenvalue weighted by Gasteiger charge is -2.49. The third-order valence-corrected chi connectivity index (χ3v) is 6.72. The molecule has 29 heavy (non-hydrogen) atoms. The molecule has 0 aromatic heterocycles. The Morgan fingerprint density at radius 2 is 2.03 bits per heavy atom. The minimum absolute atomic E-state index is 0.0235. The molecule has 0 radical (unpaired) electrons. The van der Waals surface area contributed by atoms with Crippen molar-refractivity contribution in [3.63, 3.8) is 0 Å². The summed E-state index contributed by atoms with van der Waals surface area (Å²) in [4.78, 5) is 14.2. The zero-order valence-corrected chi connectivity index (χ0v) is 17.3. The van der Waals surface area contributed by atoms with Gasteiger partial charge in [0.2, 0.25) is 5.79 Å². The van der Waals surface area contributed by atoms with E-state index in [0.29, 0.717) is 12.1 Å². The van der Waals surface area contributed by atoms with Gasteiger partial charge in [-0.15, -0.1) is 0 Å². The number of carboxylic acids is 1. The van der Waals surface area contributed by atoms with Crippen LogP contribution in [0.25, 0.3) is 0 Å². The van der Waals surface area contributed by atoms with Crippen LogP contribution < -0.4 is 4.74 Å². The Morgan fingerprint density at radius 3 is 2.66 bits per heavy atom. The summed E-state index contributed by atoms with van der Waals surface area (Å²) in [7, 11) is -1.06. The van der Waals surface area contributed by atoms with E-state index >= 15 is 0 Å². The maximum absolute atomic E-state index is 11.8. The molecule has 0 bridgehead atoms. The monoisotopic (exact) mass is 428 g/mol. The Labute approximate surface area is 180 Å². The first-order chi connectivity index (χ1) is 15.0. The number of carbonyl (C=O) groups is 1. The Hall–Kier alpha value is -1.38. The van der Waals surface area contributed by atoms with Crippen LogP contribution in [0.3, 0.4) is 0 Å². The summed E-state index contributed by atoms with van der Waals surface area (Å²) in [6.07, 6.45) is 2.43. The second-order valence-electron chi connectivity index (χ2n) is 8.17. The van der Waals surface area contributed by atoms with E-state index in [9.17, 15) is 9.90 Å². The van der Waals surface area contributed by atoms with Crippen molar-refractivity contribution in [3.8, 4) is 5.75 Å². The maximum Gasteiger partial charge on any atom is 0.336 e. The molecule has 3 aliphatic rings. The highest BCUT2D eigenvalue weighted by atomic mass is 35.5. The number of benzene rings is 1. The molecule has 1 aliphatic carbocycles. The van der Waals surface area contributed by atoms with Gasteiger partial charge in [0.1, 0.15) is 5.75 Å². The molecule has 8 heteroatoms. The highest BCUT2D eigenvalue weighted by Gasteiger charge is 2.48. The Bertz CT molecular complexity index is 870. The van der Waals surface area contributed by atoms with E-state index < -0.39 is 25.1 Å². The number of rotatable bonds is 5. The van der Waals surface area contributed by atoms with Crippen LogP contribution in [0.15, 0.2) is 12.1 Å². The average molecular weight is 429 g/mol. The van der Waals surface area contributed by atoms with Gasteiger partial charge in [0, 0.05) is 51.1 Å². The molecule has 2 aliphatic heterocycles. The van der Waals surface area contributed by atoms with Gasteiger partial charge in [0.25, 0.3) is 0 Å². The highest BCUT2D eigenvalue weighted by Crippen LogP contribution is 2.48. The van der Waals surface area contributed by atoms with Crippen LogP contribution in [0.5, 0.6) is 5.75 Å². The van der Waals surface area contributed by atoms with E-state index in [2.05, 4.69) is 4.90 Å². The van der Waals surface area contributed by atoms with Crippen LogP contribution in [0.1, 0.15) is 58.9 Å². The Morgan fingerprint density at radius 1 is 1.31 bits per heavy atom. The van der Waals surface area contributed by atoms with Crippen molar-refractivity contribution in [1.29, 1.82) is 0 Å². The van der Waals surface area contributed by atoms with E-state index in [1.807, 2.05) is 0 Å². The van der Waals surface area contributed by atoms with Crippen molar-refractivity contribution < 1.29 is 33.0 Å². The molecule has 2 fully saturated rings. The van der Waals surface area contributed by atoms with Crippen LogP contribution >= 0.6 is 11.6 Å². The van der Waals surface area contributed by atoms with E-state index in [4.69, 9.17) is 34.7 Å². The van der Waals surface area contributed by atoms with Crippen molar-refractivity contribution >= 4 is 17.6 Å². The highest BCUT2D eigenvalue weighted by molar-refractivity contribution is 6.31. The Kier molecular flexibility index (Phi) is 4.80. The summed E-state index contributed by atoms with van der Waals surface area (Å²) in [6.45, 7) is 3.63. The molecule has 1 N–H and O–H groups in total. The molecule has 0 spiro atoms. The largest absolute Gasteiger partial charge is 0.478 e. The van der Waals surface area contributed by atoms with Gasteiger partial charge in [-0.2, -0.15) is 0 Å². The van der Waals surface area contributed by atoms with Crippen LogP contribution in [-0.2, 0) is 14.2 Å². The number of ether oxygens (including phenoxy) is 4. The van der Waals surface area contributed by atoms with Crippen LogP contribution in [0, 0.1) is 5.92 Å². The fourth-order valence-corrected chi connectivity index (χ4v) is 4.96. The van der Waals surface area contributed by atoms with E-state index in [1.165, 1.54) is 12.1 Å². The number of aromatic carboxylic acids is 1. The van der Waals surface area contributed by atoms with Gasteiger partial charge in [-0.3, -0.25) is 4.90 Å². The van der Waals surface area contributed by atoms with Crippen LogP contribution in [-0.4, -0.2) is 61.1 Å². The molecular formula is C21H28ClNO6. The molecule has 1 aromatic rings. The first-order valence-electron chi connectivity index (χ1n) is 11.4. The van der Waals surface area contributed by atoms with Gasteiger partial charge in [-0.25, -0.2) is 4.79 Å². The molecule has 2 unspecified atom stereocenters. The SMILES string of the molecule is [2H]C([2H])([2H])OC1OC(C)(C2CCC(N3CC(OC)C3)CC2)Oc2cc(Cl)cc(C(=O)O)c21. The summed E-state index contributed by atoms with van der Waals surface area (Å²) in [6, 6.07) is 3.19. The van der Waals surface area contributed by atoms with Crippen molar-refractivity contribution in [1.82, 2.24) is 4.90 Å². The summed E-state index contributed by atoms with van der Waals surface area (Å²) >= 11 is 6.13. The number of carboxylic acid groups (broad SMARTS) is 1. The zero-order chi connectivity index (χ0) is 23.3. The molecule has 0 amide bonds. The number of likely N-dealkylation sites (tertiary alicyclic amines) is 1. The molecule has 1 aromatic carbocycles. The molecule has 2 atom stereocenters. The average Bonchev–Trinajstić information content (AvgIpc) is 2.65. The van der Waals surface area contributed by atoms with E-state index in [1.54, 1.807) is 14.0 Å². The zero-order valence-electron chi connectivity index (χ0n) is 19.5. The van der Waals surface area contributed by atoms with Gasteiger partial charge in [-0.1, -0.05) is 11.6 Å². The molecular weight excluding hydrogens is 398 g/mol. The minimum atomic E-state index is -2.79. The quantitative estimate of drug-likeness (QED) is 0.766. The third kappa shape index (κ3) is 3.86. The van der Waals surface area contributed by atoms with Crippen molar-refractivity contribution in [3.05, 3.63) is 28.3 Å².